The van der Waals surface area contributed by atoms with Gasteiger partial charge in [0, 0.05) is 22.0 Å². The minimum absolute atomic E-state index is 0.216. The summed E-state index contributed by atoms with van der Waals surface area (Å²) in [5.74, 6) is 1.09. The first-order valence-corrected chi connectivity index (χ1v) is 12.4. The van der Waals surface area contributed by atoms with E-state index < -0.39 is 0 Å². The largest absolute Gasteiger partial charge is 0.462 e. The van der Waals surface area contributed by atoms with E-state index in [2.05, 4.69) is 16.4 Å². The number of aryl methyl sites for hydroxylation is 1. The average Bonchev–Trinajstić information content (AvgIpc) is 3.57. The summed E-state index contributed by atoms with van der Waals surface area (Å²) in [6.45, 7) is 2.34. The van der Waals surface area contributed by atoms with Gasteiger partial charge >= 0.3 is 5.97 Å². The third kappa shape index (κ3) is 4.19. The lowest BCUT2D eigenvalue weighted by molar-refractivity contribution is 0.0526. The Kier molecular flexibility index (Phi) is 6.03. The Balaban J connectivity index is 1.41. The van der Waals surface area contributed by atoms with Gasteiger partial charge in [-0.3, -0.25) is 0 Å². The normalized spacial score (nSPS) is 14.5. The Morgan fingerprint density at radius 1 is 1.30 bits per heavy atom. The lowest BCUT2D eigenvalue weighted by atomic mass is 9.95. The molecule has 7 nitrogen and oxygen atoms in total. The number of ether oxygens (including phenoxy) is 3. The topological polar surface area (TPSA) is 93.5 Å². The number of carbonyl (C=O) groups is 1. The molecule has 33 heavy (non-hydrogen) atoms. The maximum absolute atomic E-state index is 12.7. The molecule has 0 spiro atoms. The van der Waals surface area contributed by atoms with Gasteiger partial charge in [0.05, 0.1) is 17.9 Å². The molecule has 1 N–H and O–H groups in total. The second-order valence-electron chi connectivity index (χ2n) is 7.56. The molecule has 2 aliphatic rings. The quantitative estimate of drug-likeness (QED) is 0.362. The molecule has 0 fully saturated rings. The number of nitrogens with zero attached hydrogens (tertiary/aromatic N) is 2. The molecular weight excluding hydrogens is 458 g/mol. The molecule has 168 valence electrons. The van der Waals surface area contributed by atoms with Crippen LogP contribution < -0.4 is 14.8 Å². The first kappa shape index (κ1) is 21.5. The molecular formula is C24H21N3O4S2. The number of nitrogens with one attached hydrogen (secondary N) is 1. The van der Waals surface area contributed by atoms with Crippen molar-refractivity contribution in [3.05, 3.63) is 50.8 Å². The summed E-state index contributed by atoms with van der Waals surface area (Å²) >= 11 is 2.96. The van der Waals surface area contributed by atoms with Crippen molar-refractivity contribution in [2.75, 3.05) is 18.7 Å². The lowest BCUT2D eigenvalue weighted by Crippen LogP contribution is -2.10. The lowest BCUT2D eigenvalue weighted by Gasteiger charge is -2.12. The summed E-state index contributed by atoms with van der Waals surface area (Å²) < 4.78 is 16.1. The molecule has 9 heteroatoms. The van der Waals surface area contributed by atoms with Gasteiger partial charge in [-0.15, -0.1) is 22.7 Å². The van der Waals surface area contributed by atoms with E-state index in [0.717, 1.165) is 47.5 Å². The van der Waals surface area contributed by atoms with Crippen molar-refractivity contribution in [1.82, 2.24) is 4.98 Å². The predicted molar refractivity (Wildman–Crippen MR) is 128 cm³/mol. The van der Waals surface area contributed by atoms with Crippen molar-refractivity contribution in [1.29, 1.82) is 5.26 Å². The third-order valence-electron chi connectivity index (χ3n) is 5.52. The van der Waals surface area contributed by atoms with Gasteiger partial charge in [-0.2, -0.15) is 5.26 Å². The molecule has 3 heterocycles. The van der Waals surface area contributed by atoms with Crippen LogP contribution in [0.1, 0.15) is 45.6 Å². The Morgan fingerprint density at radius 2 is 2.15 bits per heavy atom. The summed E-state index contributed by atoms with van der Waals surface area (Å²) in [7, 11) is 0. The molecule has 1 aromatic carbocycles. The van der Waals surface area contributed by atoms with Crippen LogP contribution in [-0.4, -0.2) is 24.4 Å². The number of hydrogen-bond acceptors (Lipinski definition) is 9. The Hall–Kier alpha value is -3.35. The highest BCUT2D eigenvalue weighted by atomic mass is 32.1. The van der Waals surface area contributed by atoms with E-state index in [-0.39, 0.29) is 12.8 Å². The van der Waals surface area contributed by atoms with E-state index in [1.165, 1.54) is 16.2 Å². The number of benzene rings is 1. The fourth-order valence-electron chi connectivity index (χ4n) is 3.95. The number of nitriles is 1. The molecule has 0 amide bonds. The Morgan fingerprint density at radius 3 is 3.00 bits per heavy atom. The van der Waals surface area contributed by atoms with Crippen molar-refractivity contribution in [3.8, 4) is 28.8 Å². The number of carbonyl (C=O) groups excluding carboxylic acids is 1. The van der Waals surface area contributed by atoms with E-state index >= 15 is 0 Å². The van der Waals surface area contributed by atoms with E-state index in [1.54, 1.807) is 24.5 Å². The van der Waals surface area contributed by atoms with E-state index in [0.29, 0.717) is 34.3 Å². The number of hydrogen-bond donors (Lipinski definition) is 1. The van der Waals surface area contributed by atoms with Crippen molar-refractivity contribution in [2.24, 2.45) is 0 Å². The van der Waals surface area contributed by atoms with Crippen LogP contribution in [0.25, 0.3) is 16.8 Å². The fourth-order valence-corrected chi connectivity index (χ4v) is 5.99. The van der Waals surface area contributed by atoms with Gasteiger partial charge in [0.25, 0.3) is 0 Å². The van der Waals surface area contributed by atoms with Crippen molar-refractivity contribution >= 4 is 39.2 Å². The van der Waals surface area contributed by atoms with Crippen LogP contribution in [0.5, 0.6) is 11.5 Å². The zero-order valence-electron chi connectivity index (χ0n) is 18.0. The third-order valence-corrected chi connectivity index (χ3v) is 7.62. The minimum Gasteiger partial charge on any atom is -0.462 e. The van der Waals surface area contributed by atoms with Crippen LogP contribution in [0.4, 0.5) is 5.00 Å². The Labute approximate surface area is 199 Å². The number of allylic oxidation sites excluding steroid dienone is 1. The maximum Gasteiger partial charge on any atom is 0.341 e. The molecule has 1 aliphatic heterocycles. The zero-order valence-corrected chi connectivity index (χ0v) is 19.6. The molecule has 0 saturated carbocycles. The van der Waals surface area contributed by atoms with E-state index in [1.807, 2.05) is 23.6 Å². The van der Waals surface area contributed by atoms with E-state index in [9.17, 15) is 10.1 Å². The SMILES string of the molecule is CCOC(=O)c1c(N/C=C(/C#N)c2nc(-c3ccc4c(c3)OCO4)cs2)sc2c1CCCC2. The summed E-state index contributed by atoms with van der Waals surface area (Å²) in [4.78, 5) is 18.5. The molecule has 0 bridgehead atoms. The van der Waals surface area contributed by atoms with Crippen LogP contribution in [0.2, 0.25) is 0 Å². The zero-order chi connectivity index (χ0) is 22.8. The van der Waals surface area contributed by atoms with Gasteiger partial charge in [0.2, 0.25) is 6.79 Å². The smallest absolute Gasteiger partial charge is 0.341 e. The van der Waals surface area contributed by atoms with Crippen LogP contribution in [0, 0.1) is 11.3 Å². The molecule has 0 radical (unpaired) electrons. The van der Waals surface area contributed by atoms with Gasteiger partial charge in [0.1, 0.15) is 21.7 Å². The highest BCUT2D eigenvalue weighted by molar-refractivity contribution is 7.16. The van der Waals surface area contributed by atoms with Gasteiger partial charge in [-0.1, -0.05) is 0 Å². The monoisotopic (exact) mass is 479 g/mol. The number of esters is 1. The summed E-state index contributed by atoms with van der Waals surface area (Å²) in [5, 5.41) is 16.2. The molecule has 0 saturated heterocycles. The van der Waals surface area contributed by atoms with Crippen LogP contribution in [0.15, 0.2) is 29.8 Å². The maximum atomic E-state index is 12.7. The fraction of sp³-hybridized carbons (Fsp3) is 0.292. The standard InChI is InChI=1S/C24H21N3O4S2/c1-2-29-24(28)21-16-5-3-4-6-20(16)33-23(21)26-11-15(10-25)22-27-17(12-32-22)14-7-8-18-19(9-14)31-13-30-18/h7-9,11-12,26H,2-6,13H2,1H3/b15-11-. The summed E-state index contributed by atoms with van der Waals surface area (Å²) in [6, 6.07) is 7.88. The number of aromatic nitrogens is 1. The number of rotatable bonds is 6. The highest BCUT2D eigenvalue weighted by Crippen LogP contribution is 2.39. The second kappa shape index (κ2) is 9.25. The van der Waals surface area contributed by atoms with Crippen LogP contribution in [-0.2, 0) is 17.6 Å². The second-order valence-corrected chi connectivity index (χ2v) is 9.52. The number of fused-ring (bicyclic) bond motifs is 2. The molecule has 2 aromatic heterocycles. The van der Waals surface area contributed by atoms with E-state index in [4.69, 9.17) is 14.2 Å². The van der Waals surface area contributed by atoms with Crippen molar-refractivity contribution in [2.45, 2.75) is 32.6 Å². The number of thiazole rings is 1. The van der Waals surface area contributed by atoms with Crippen LogP contribution >= 0.6 is 22.7 Å². The predicted octanol–water partition coefficient (Wildman–Crippen LogP) is 5.63. The van der Waals surface area contributed by atoms with Gasteiger partial charge in [-0.25, -0.2) is 9.78 Å². The average molecular weight is 480 g/mol. The van der Waals surface area contributed by atoms with Crippen molar-refractivity contribution in [3.63, 3.8) is 0 Å². The first-order valence-electron chi connectivity index (χ1n) is 10.7. The Bertz CT molecular complexity index is 1290. The first-order chi connectivity index (χ1) is 16.2. The molecule has 0 atom stereocenters. The number of anilines is 1. The molecule has 1 aliphatic carbocycles. The molecule has 0 unspecified atom stereocenters. The summed E-state index contributed by atoms with van der Waals surface area (Å²) in [5.41, 5.74) is 3.73. The van der Waals surface area contributed by atoms with Gasteiger partial charge < -0.3 is 19.5 Å². The van der Waals surface area contributed by atoms with Gasteiger partial charge in [-0.05, 0) is 56.4 Å². The summed E-state index contributed by atoms with van der Waals surface area (Å²) in [6.07, 6.45) is 5.66. The molecule has 5 rings (SSSR count). The molecule has 3 aromatic rings. The van der Waals surface area contributed by atoms with Gasteiger partial charge in [0.15, 0.2) is 11.5 Å². The minimum atomic E-state index is -0.314. The highest BCUT2D eigenvalue weighted by Gasteiger charge is 2.26. The van der Waals surface area contributed by atoms with Crippen LogP contribution in [0.3, 0.4) is 0 Å². The number of thiophene rings is 1. The van der Waals surface area contributed by atoms with Crippen molar-refractivity contribution < 1.29 is 19.0 Å².